The molecule has 1 saturated heterocycles. The van der Waals surface area contributed by atoms with Crippen LogP contribution in [0, 0.1) is 0 Å². The van der Waals surface area contributed by atoms with E-state index in [2.05, 4.69) is 26.6 Å². The molecule has 1 aromatic carbocycles. The second kappa shape index (κ2) is 7.34. The normalized spacial score (nSPS) is 15.0. The highest BCUT2D eigenvalue weighted by molar-refractivity contribution is 9.10. The summed E-state index contributed by atoms with van der Waals surface area (Å²) in [6.45, 7) is 0. The van der Waals surface area contributed by atoms with Crippen LogP contribution in [0.2, 0.25) is 0 Å². The van der Waals surface area contributed by atoms with Crippen LogP contribution in [0.3, 0.4) is 0 Å². The number of halogens is 1. The molecule has 9 heteroatoms. The molecule has 1 fully saturated rings. The van der Waals surface area contributed by atoms with Crippen LogP contribution in [-0.2, 0) is 4.79 Å². The molecule has 0 unspecified atom stereocenters. The molecule has 0 saturated carbocycles. The molecule has 0 bridgehead atoms. The van der Waals surface area contributed by atoms with Gasteiger partial charge in [0, 0.05) is 0 Å². The van der Waals surface area contributed by atoms with Gasteiger partial charge in [-0.1, -0.05) is 6.07 Å². The third kappa shape index (κ3) is 3.89. The highest BCUT2D eigenvalue weighted by atomic mass is 79.9. The fourth-order valence-electron chi connectivity index (χ4n) is 2.11. The molecule has 0 atom stereocenters. The first-order chi connectivity index (χ1) is 12.0. The first-order valence-electron chi connectivity index (χ1n) is 6.95. The Morgan fingerprint density at radius 3 is 2.76 bits per heavy atom. The molecule has 0 aliphatic carbocycles. The summed E-state index contributed by atoms with van der Waals surface area (Å²) in [4.78, 5) is 24.4. The molecule has 2 heterocycles. The number of thiophene rings is 1. The Balaban J connectivity index is 1.91. The summed E-state index contributed by atoms with van der Waals surface area (Å²) in [5, 5.41) is 7.30. The van der Waals surface area contributed by atoms with Crippen LogP contribution < -0.4 is 20.1 Å². The van der Waals surface area contributed by atoms with E-state index in [1.807, 2.05) is 0 Å². The molecule has 2 N–H and O–H groups in total. The van der Waals surface area contributed by atoms with Gasteiger partial charge in [-0.05, 0) is 63.4 Å². The molecule has 2 aromatic rings. The van der Waals surface area contributed by atoms with E-state index in [4.69, 9.17) is 21.7 Å². The van der Waals surface area contributed by atoms with Crippen molar-refractivity contribution in [3.05, 3.63) is 50.3 Å². The molecule has 128 valence electrons. The van der Waals surface area contributed by atoms with E-state index in [9.17, 15) is 9.59 Å². The largest absolute Gasteiger partial charge is 0.493 e. The number of esters is 1. The lowest BCUT2D eigenvalue weighted by Gasteiger charge is -2.12. The lowest BCUT2D eigenvalue weighted by atomic mass is 10.1. The molecule has 1 aliphatic heterocycles. The fraction of sp³-hybridized carbons (Fsp3) is 0.0625. The van der Waals surface area contributed by atoms with Crippen LogP contribution >= 0.6 is 39.5 Å². The van der Waals surface area contributed by atoms with Crippen LogP contribution in [0.5, 0.6) is 11.5 Å². The standard InChI is InChI=1S/C16H11BrN2O4S2/c1-22-11-7-8(6-10-14(20)19-16(24)18-10)5-9(17)13(11)23-15(21)12-3-2-4-25-12/h2-7H,1H3,(H2,18,19,20,24)/b10-6+. The van der Waals surface area contributed by atoms with Gasteiger partial charge in [0.15, 0.2) is 16.6 Å². The Hall–Kier alpha value is -2.23. The number of thiocarbonyl (C=S) groups is 1. The van der Waals surface area contributed by atoms with Crippen molar-refractivity contribution in [2.75, 3.05) is 7.11 Å². The maximum atomic E-state index is 12.2. The number of rotatable bonds is 4. The molecule has 6 nitrogen and oxygen atoms in total. The number of carbonyl (C=O) groups is 2. The first-order valence-corrected chi connectivity index (χ1v) is 9.03. The van der Waals surface area contributed by atoms with Crippen LogP contribution in [0.4, 0.5) is 0 Å². The SMILES string of the molecule is COc1cc(/C=C2/NC(=S)NC2=O)cc(Br)c1OC(=O)c1cccs1. The molecule has 1 amide bonds. The highest BCUT2D eigenvalue weighted by Crippen LogP contribution is 2.38. The number of carbonyl (C=O) groups excluding carboxylic acids is 2. The molecule has 1 aromatic heterocycles. The van der Waals surface area contributed by atoms with E-state index in [0.717, 1.165) is 0 Å². The minimum absolute atomic E-state index is 0.253. The zero-order valence-electron chi connectivity index (χ0n) is 12.8. The summed E-state index contributed by atoms with van der Waals surface area (Å²) in [6.07, 6.45) is 1.62. The number of ether oxygens (including phenoxy) is 2. The maximum absolute atomic E-state index is 12.2. The summed E-state index contributed by atoms with van der Waals surface area (Å²) in [5.41, 5.74) is 0.990. The summed E-state index contributed by atoms with van der Waals surface area (Å²) in [5.74, 6) is -0.162. The maximum Gasteiger partial charge on any atom is 0.353 e. The van der Waals surface area contributed by atoms with Gasteiger partial charge in [0.25, 0.3) is 5.91 Å². The average molecular weight is 439 g/mol. The van der Waals surface area contributed by atoms with Gasteiger partial charge in [-0.2, -0.15) is 0 Å². The predicted molar refractivity (Wildman–Crippen MR) is 102 cm³/mol. The first kappa shape index (κ1) is 17.6. The second-order valence-electron chi connectivity index (χ2n) is 4.87. The van der Waals surface area contributed by atoms with Gasteiger partial charge in [0.05, 0.1) is 11.6 Å². The quantitative estimate of drug-likeness (QED) is 0.330. The number of amides is 1. The topological polar surface area (TPSA) is 76.7 Å². The minimum Gasteiger partial charge on any atom is -0.493 e. The van der Waals surface area contributed by atoms with E-state index in [1.165, 1.54) is 18.4 Å². The van der Waals surface area contributed by atoms with E-state index in [0.29, 0.717) is 26.4 Å². The van der Waals surface area contributed by atoms with Gasteiger partial charge in [0.1, 0.15) is 10.6 Å². The number of hydrogen-bond donors (Lipinski definition) is 2. The van der Waals surface area contributed by atoms with Crippen molar-refractivity contribution in [3.63, 3.8) is 0 Å². The average Bonchev–Trinajstić information content (AvgIpc) is 3.20. The van der Waals surface area contributed by atoms with Crippen LogP contribution in [-0.4, -0.2) is 24.1 Å². The lowest BCUT2D eigenvalue weighted by Crippen LogP contribution is -2.21. The van der Waals surface area contributed by atoms with Gasteiger partial charge in [-0.15, -0.1) is 11.3 Å². The Bertz CT molecular complexity index is 894. The van der Waals surface area contributed by atoms with Crippen LogP contribution in [0.25, 0.3) is 6.08 Å². The monoisotopic (exact) mass is 438 g/mol. The molecule has 3 rings (SSSR count). The van der Waals surface area contributed by atoms with Gasteiger partial charge in [-0.3, -0.25) is 10.1 Å². The smallest absolute Gasteiger partial charge is 0.353 e. The molecular weight excluding hydrogens is 428 g/mol. The number of hydrogen-bond acceptors (Lipinski definition) is 6. The van der Waals surface area contributed by atoms with Gasteiger partial charge < -0.3 is 14.8 Å². The van der Waals surface area contributed by atoms with Crippen molar-refractivity contribution in [3.8, 4) is 11.5 Å². The zero-order chi connectivity index (χ0) is 18.0. The Labute approximate surface area is 160 Å². The number of benzene rings is 1. The summed E-state index contributed by atoms with van der Waals surface area (Å²) >= 11 is 9.56. The van der Waals surface area contributed by atoms with Crippen LogP contribution in [0.1, 0.15) is 15.2 Å². The van der Waals surface area contributed by atoms with Gasteiger partial charge in [-0.25, -0.2) is 4.79 Å². The fourth-order valence-corrected chi connectivity index (χ4v) is 3.45. The van der Waals surface area contributed by atoms with Crippen molar-refractivity contribution in [2.45, 2.75) is 0 Å². The Kier molecular flexibility index (Phi) is 5.16. The Morgan fingerprint density at radius 2 is 2.16 bits per heavy atom. The van der Waals surface area contributed by atoms with Crippen molar-refractivity contribution in [2.24, 2.45) is 0 Å². The molecule has 25 heavy (non-hydrogen) atoms. The molecular formula is C16H11BrN2O4S2. The number of methoxy groups -OCH3 is 1. The van der Waals surface area contributed by atoms with Gasteiger partial charge in [0.2, 0.25) is 0 Å². The van der Waals surface area contributed by atoms with E-state index in [-0.39, 0.29) is 16.8 Å². The second-order valence-corrected chi connectivity index (χ2v) is 7.08. The highest BCUT2D eigenvalue weighted by Gasteiger charge is 2.21. The Morgan fingerprint density at radius 1 is 1.36 bits per heavy atom. The number of nitrogens with one attached hydrogen (secondary N) is 2. The van der Waals surface area contributed by atoms with Crippen molar-refractivity contribution < 1.29 is 19.1 Å². The van der Waals surface area contributed by atoms with Crippen molar-refractivity contribution >= 4 is 62.5 Å². The minimum atomic E-state index is -0.470. The zero-order valence-corrected chi connectivity index (χ0v) is 16.0. The van der Waals surface area contributed by atoms with Crippen molar-refractivity contribution in [1.82, 2.24) is 10.6 Å². The molecule has 0 spiro atoms. The van der Waals surface area contributed by atoms with E-state index < -0.39 is 5.97 Å². The van der Waals surface area contributed by atoms with E-state index >= 15 is 0 Å². The summed E-state index contributed by atoms with van der Waals surface area (Å²) < 4.78 is 11.3. The lowest BCUT2D eigenvalue weighted by molar-refractivity contribution is -0.115. The third-order valence-corrected chi connectivity index (χ3v) is 4.84. The van der Waals surface area contributed by atoms with Crippen LogP contribution in [0.15, 0.2) is 39.8 Å². The van der Waals surface area contributed by atoms with Gasteiger partial charge >= 0.3 is 5.97 Å². The third-order valence-electron chi connectivity index (χ3n) is 3.20. The summed E-state index contributed by atoms with van der Waals surface area (Å²) in [6, 6.07) is 6.82. The summed E-state index contributed by atoms with van der Waals surface area (Å²) in [7, 11) is 1.47. The molecule has 1 aliphatic rings. The van der Waals surface area contributed by atoms with Crippen molar-refractivity contribution in [1.29, 1.82) is 0 Å². The van der Waals surface area contributed by atoms with E-state index in [1.54, 1.807) is 35.7 Å². The predicted octanol–water partition coefficient (Wildman–Crippen LogP) is 3.08. The molecule has 0 radical (unpaired) electrons.